The Labute approximate surface area is 252 Å². The molecule has 0 unspecified atom stereocenters. The number of aromatic amines is 1. The third kappa shape index (κ3) is 5.53. The number of hydrogen-bond acceptors (Lipinski definition) is 4. The molecule has 0 radical (unpaired) electrons. The van der Waals surface area contributed by atoms with Gasteiger partial charge >= 0.3 is 0 Å². The Balaban J connectivity index is 1.24. The minimum absolute atomic E-state index is 0.0746. The molecule has 3 atom stereocenters. The number of H-pyrrole nitrogens is 1. The lowest BCUT2D eigenvalue weighted by Gasteiger charge is -2.40. The van der Waals surface area contributed by atoms with E-state index >= 15 is 0 Å². The molecule has 4 amide bonds. The maximum atomic E-state index is 14.3. The van der Waals surface area contributed by atoms with Gasteiger partial charge in [0.15, 0.2) is 0 Å². The fourth-order valence-electron chi connectivity index (χ4n) is 6.74. The van der Waals surface area contributed by atoms with E-state index in [2.05, 4.69) is 10.3 Å². The third-order valence-corrected chi connectivity index (χ3v) is 9.12. The zero-order chi connectivity index (χ0) is 31.3. The van der Waals surface area contributed by atoms with E-state index < -0.39 is 29.8 Å². The quantitative estimate of drug-likeness (QED) is 0.471. The highest BCUT2D eigenvalue weighted by Crippen LogP contribution is 2.33. The number of amides is 4. The average Bonchev–Trinajstić information content (AvgIpc) is 3.60. The van der Waals surface area contributed by atoms with Crippen molar-refractivity contribution in [3.8, 4) is 0 Å². The molecule has 2 N–H and O–H groups in total. The Morgan fingerprint density at radius 2 is 1.82 bits per heavy atom. The van der Waals surface area contributed by atoms with Gasteiger partial charge in [0.05, 0.1) is 0 Å². The number of halogens is 3. The Hall–Kier alpha value is -4.35. The van der Waals surface area contributed by atoms with Crippen LogP contribution in [0.1, 0.15) is 60.3 Å². The van der Waals surface area contributed by atoms with Crippen LogP contribution in [0.15, 0.2) is 42.5 Å². The van der Waals surface area contributed by atoms with Crippen LogP contribution in [0.2, 0.25) is 0 Å². The summed E-state index contributed by atoms with van der Waals surface area (Å²) in [5.74, 6) is -4.90. The highest BCUT2D eigenvalue weighted by Gasteiger charge is 2.46. The first-order chi connectivity index (χ1) is 20.9. The molecule has 3 aromatic rings. The number of aromatic nitrogens is 1. The molecular formula is C32H34F3N5O4. The van der Waals surface area contributed by atoms with Crippen molar-refractivity contribution in [2.75, 3.05) is 19.6 Å². The van der Waals surface area contributed by atoms with Crippen molar-refractivity contribution in [3.63, 3.8) is 0 Å². The number of hydrogen-bond donors (Lipinski definition) is 2. The van der Waals surface area contributed by atoms with Crippen molar-refractivity contribution in [3.05, 3.63) is 70.7 Å². The van der Waals surface area contributed by atoms with Gasteiger partial charge in [0.1, 0.15) is 23.6 Å². The van der Waals surface area contributed by atoms with Gasteiger partial charge in [-0.3, -0.25) is 19.2 Å². The first-order valence-corrected chi connectivity index (χ1v) is 14.9. The van der Waals surface area contributed by atoms with Gasteiger partial charge in [-0.15, -0.1) is 0 Å². The summed E-state index contributed by atoms with van der Waals surface area (Å²) in [5, 5.41) is 3.16. The predicted molar refractivity (Wildman–Crippen MR) is 155 cm³/mol. The number of alkyl halides is 2. The molecule has 12 heteroatoms. The summed E-state index contributed by atoms with van der Waals surface area (Å²) in [6.45, 7) is 3.06. The molecule has 2 aromatic carbocycles. The Kier molecular flexibility index (Phi) is 7.63. The lowest BCUT2D eigenvalue weighted by molar-refractivity contribution is -0.149. The molecule has 3 aliphatic heterocycles. The zero-order valence-electron chi connectivity index (χ0n) is 24.5. The normalized spacial score (nSPS) is 22.3. The minimum Gasteiger partial charge on any atom is -0.351 e. The van der Waals surface area contributed by atoms with Gasteiger partial charge in [-0.05, 0) is 61.1 Å². The van der Waals surface area contributed by atoms with E-state index in [1.54, 1.807) is 21.9 Å². The van der Waals surface area contributed by atoms with E-state index in [-0.39, 0.29) is 48.0 Å². The first kappa shape index (κ1) is 29.7. The summed E-state index contributed by atoms with van der Waals surface area (Å²) in [7, 11) is 0. The van der Waals surface area contributed by atoms with Gasteiger partial charge in [0.25, 0.3) is 11.8 Å². The maximum Gasteiger partial charge on any atom is 0.270 e. The Morgan fingerprint density at radius 1 is 1.02 bits per heavy atom. The highest BCUT2D eigenvalue weighted by molar-refractivity contribution is 6.01. The van der Waals surface area contributed by atoms with Crippen molar-refractivity contribution >= 4 is 34.5 Å². The second kappa shape index (κ2) is 11.3. The highest BCUT2D eigenvalue weighted by atomic mass is 19.3. The van der Waals surface area contributed by atoms with E-state index in [9.17, 15) is 32.3 Å². The van der Waals surface area contributed by atoms with Crippen LogP contribution in [0.25, 0.3) is 10.9 Å². The van der Waals surface area contributed by atoms with Crippen LogP contribution in [0.4, 0.5) is 13.2 Å². The lowest BCUT2D eigenvalue weighted by Crippen LogP contribution is -2.61. The van der Waals surface area contributed by atoms with Crippen LogP contribution in [-0.4, -0.2) is 81.1 Å². The van der Waals surface area contributed by atoms with Crippen molar-refractivity contribution in [1.29, 1.82) is 0 Å². The van der Waals surface area contributed by atoms with Crippen LogP contribution in [0.5, 0.6) is 0 Å². The topological polar surface area (TPSA) is 106 Å². The number of carbonyl (C=O) groups is 4. The first-order valence-electron chi connectivity index (χ1n) is 14.9. The standard InChI is InChI=1S/C32H34F3N5O4/c1-18(41)38-12-10-22-7-9-28(31(44)39-13-11-23-19(16-39)4-3-5-24(23)33)40(22)30(43)27(17-38)37-29(42)26-15-20-14-21(32(2,34)35)6-8-25(20)36-26/h3-6,8,14-15,22,27-28,36H,7,9-13,16-17H2,1-2H3,(H,37,42)/t22-,27+,28+/m1/s1. The molecule has 232 valence electrons. The largest absolute Gasteiger partial charge is 0.351 e. The zero-order valence-corrected chi connectivity index (χ0v) is 24.5. The minimum atomic E-state index is -3.05. The van der Waals surface area contributed by atoms with Crippen molar-refractivity contribution in [2.24, 2.45) is 0 Å². The molecule has 44 heavy (non-hydrogen) atoms. The second-order valence-corrected chi connectivity index (χ2v) is 12.0. The smallest absolute Gasteiger partial charge is 0.270 e. The summed E-state index contributed by atoms with van der Waals surface area (Å²) in [6, 6.07) is 8.15. The fourth-order valence-corrected chi connectivity index (χ4v) is 6.74. The molecular weight excluding hydrogens is 575 g/mol. The van der Waals surface area contributed by atoms with Gasteiger partial charge in [0.2, 0.25) is 17.7 Å². The summed E-state index contributed by atoms with van der Waals surface area (Å²) in [5.41, 5.74) is 1.71. The molecule has 3 aliphatic rings. The molecule has 4 heterocycles. The molecule has 9 nitrogen and oxygen atoms in total. The summed E-state index contributed by atoms with van der Waals surface area (Å²) < 4.78 is 42.0. The van der Waals surface area contributed by atoms with E-state index in [0.717, 1.165) is 12.5 Å². The number of nitrogens with zero attached hydrogens (tertiary/aromatic N) is 3. The van der Waals surface area contributed by atoms with Gasteiger partial charge in [-0.25, -0.2) is 13.2 Å². The monoisotopic (exact) mass is 609 g/mol. The van der Waals surface area contributed by atoms with Gasteiger partial charge in [-0.2, -0.15) is 0 Å². The molecule has 2 saturated heterocycles. The SMILES string of the molecule is CC(=O)N1CC[C@H]2CC[C@@H](C(=O)N3CCc4c(F)cccc4C3)N2C(=O)[C@@H](NC(=O)c2cc3cc(C(C)(F)F)ccc3[nH]2)C1. The Bertz CT molecular complexity index is 1650. The lowest BCUT2D eigenvalue weighted by atomic mass is 9.98. The Morgan fingerprint density at radius 3 is 2.57 bits per heavy atom. The molecule has 0 saturated carbocycles. The van der Waals surface area contributed by atoms with Gasteiger partial charge < -0.3 is 25.0 Å². The summed E-state index contributed by atoms with van der Waals surface area (Å²) in [4.78, 5) is 61.5. The number of carbonyl (C=O) groups excluding carboxylic acids is 4. The van der Waals surface area contributed by atoms with Gasteiger partial charge in [0, 0.05) is 62.5 Å². The van der Waals surface area contributed by atoms with Crippen LogP contribution >= 0.6 is 0 Å². The predicted octanol–water partition coefficient (Wildman–Crippen LogP) is 3.71. The van der Waals surface area contributed by atoms with Crippen molar-refractivity contribution in [1.82, 2.24) is 25.0 Å². The molecule has 0 spiro atoms. The third-order valence-electron chi connectivity index (χ3n) is 9.12. The van der Waals surface area contributed by atoms with E-state index in [1.807, 2.05) is 0 Å². The number of benzene rings is 2. The number of rotatable bonds is 4. The van der Waals surface area contributed by atoms with E-state index in [0.29, 0.717) is 55.2 Å². The van der Waals surface area contributed by atoms with Crippen LogP contribution in [0.3, 0.4) is 0 Å². The van der Waals surface area contributed by atoms with E-state index in [4.69, 9.17) is 0 Å². The molecule has 0 bridgehead atoms. The maximum absolute atomic E-state index is 14.3. The van der Waals surface area contributed by atoms with Gasteiger partial charge in [-0.1, -0.05) is 18.2 Å². The molecule has 0 aliphatic carbocycles. The molecule has 1 aromatic heterocycles. The summed E-state index contributed by atoms with van der Waals surface area (Å²) in [6.07, 6.45) is 1.89. The second-order valence-electron chi connectivity index (χ2n) is 12.0. The molecule has 6 rings (SSSR count). The van der Waals surface area contributed by atoms with E-state index in [1.165, 1.54) is 42.2 Å². The van der Waals surface area contributed by atoms with Crippen LogP contribution < -0.4 is 5.32 Å². The van der Waals surface area contributed by atoms with Crippen LogP contribution in [0, 0.1) is 5.82 Å². The van der Waals surface area contributed by atoms with Crippen molar-refractivity contribution < 1.29 is 32.3 Å². The number of nitrogens with one attached hydrogen (secondary N) is 2. The van der Waals surface area contributed by atoms with Crippen molar-refractivity contribution in [2.45, 2.75) is 70.1 Å². The fraction of sp³-hybridized carbons (Fsp3) is 0.438. The molecule has 2 fully saturated rings. The number of fused-ring (bicyclic) bond motifs is 3. The average molecular weight is 610 g/mol. The summed E-state index contributed by atoms with van der Waals surface area (Å²) >= 11 is 0. The van der Waals surface area contributed by atoms with Crippen LogP contribution in [-0.2, 0) is 33.3 Å².